The van der Waals surface area contributed by atoms with Gasteiger partial charge in [0.25, 0.3) is 0 Å². The summed E-state index contributed by atoms with van der Waals surface area (Å²) < 4.78 is 5.81. The first-order valence-corrected chi connectivity index (χ1v) is 8.13. The van der Waals surface area contributed by atoms with Crippen molar-refractivity contribution in [1.29, 1.82) is 0 Å². The third-order valence-electron chi connectivity index (χ3n) is 4.21. The van der Waals surface area contributed by atoms with Gasteiger partial charge in [0, 0.05) is 18.9 Å². The Morgan fingerprint density at radius 2 is 2.00 bits per heavy atom. The number of nitrogens with zero attached hydrogens (tertiary/aromatic N) is 1. The average Bonchev–Trinajstić information content (AvgIpc) is 2.52. The smallest absolute Gasteiger partial charge is 0.0897 e. The molecule has 1 aromatic rings. The van der Waals surface area contributed by atoms with Crippen LogP contribution in [0.3, 0.4) is 0 Å². The summed E-state index contributed by atoms with van der Waals surface area (Å²) in [6.07, 6.45) is 9.31. The van der Waals surface area contributed by atoms with E-state index in [-0.39, 0.29) is 0 Å². The van der Waals surface area contributed by atoms with Crippen LogP contribution in [0.2, 0.25) is 0 Å². The second-order valence-corrected chi connectivity index (χ2v) is 6.18. The maximum absolute atomic E-state index is 9.93. The summed E-state index contributed by atoms with van der Waals surface area (Å²) in [5, 5.41) is 13.2. The molecule has 0 amide bonds. The number of aliphatic hydroxyl groups excluding tert-OH is 1. The van der Waals surface area contributed by atoms with Crippen LogP contribution in [0.15, 0.2) is 24.5 Å². The zero-order valence-corrected chi connectivity index (χ0v) is 13.0. The van der Waals surface area contributed by atoms with Crippen LogP contribution >= 0.6 is 0 Å². The maximum atomic E-state index is 9.93. The number of ether oxygens (including phenoxy) is 1. The fraction of sp³-hybridized carbons (Fsp3) is 0.706. The predicted octanol–water partition coefficient (Wildman–Crippen LogP) is 2.17. The summed E-state index contributed by atoms with van der Waals surface area (Å²) in [7, 11) is 0. The van der Waals surface area contributed by atoms with Gasteiger partial charge in [-0.2, -0.15) is 0 Å². The first kappa shape index (κ1) is 16.4. The van der Waals surface area contributed by atoms with Crippen molar-refractivity contribution < 1.29 is 9.84 Å². The Labute approximate surface area is 127 Å². The molecule has 4 heteroatoms. The summed E-state index contributed by atoms with van der Waals surface area (Å²) >= 11 is 0. The molecular formula is C17H28N2O2. The van der Waals surface area contributed by atoms with Gasteiger partial charge in [-0.15, -0.1) is 0 Å². The number of nitrogens with one attached hydrogen (secondary N) is 1. The molecule has 2 N–H and O–H groups in total. The highest BCUT2D eigenvalue weighted by Crippen LogP contribution is 2.25. The molecular weight excluding hydrogens is 264 g/mol. The first-order valence-electron chi connectivity index (χ1n) is 8.13. The van der Waals surface area contributed by atoms with Crippen LogP contribution in [0.4, 0.5) is 0 Å². The molecule has 1 heterocycles. The molecule has 1 atom stereocenters. The average molecular weight is 292 g/mol. The van der Waals surface area contributed by atoms with E-state index < -0.39 is 6.10 Å². The Hall–Kier alpha value is -0.970. The SMILES string of the molecule is CC1CCC(OCC(O)CNCCc2ccncc2)CC1. The van der Waals surface area contributed by atoms with Crippen molar-refractivity contribution in [3.05, 3.63) is 30.1 Å². The summed E-state index contributed by atoms with van der Waals surface area (Å²) in [6, 6.07) is 4.04. The van der Waals surface area contributed by atoms with Crippen molar-refractivity contribution in [3.8, 4) is 0 Å². The molecule has 1 aliphatic carbocycles. The molecule has 21 heavy (non-hydrogen) atoms. The molecule has 0 saturated heterocycles. The van der Waals surface area contributed by atoms with Crippen LogP contribution in [0, 0.1) is 5.92 Å². The Morgan fingerprint density at radius 1 is 1.29 bits per heavy atom. The lowest BCUT2D eigenvalue weighted by Crippen LogP contribution is -2.33. The Balaban J connectivity index is 1.50. The molecule has 1 aromatic heterocycles. The van der Waals surface area contributed by atoms with E-state index in [1.54, 1.807) is 0 Å². The molecule has 2 rings (SSSR count). The molecule has 0 spiro atoms. The summed E-state index contributed by atoms with van der Waals surface area (Å²) in [4.78, 5) is 4.00. The Morgan fingerprint density at radius 3 is 2.71 bits per heavy atom. The minimum absolute atomic E-state index is 0.354. The van der Waals surface area contributed by atoms with Crippen LogP contribution < -0.4 is 5.32 Å². The predicted molar refractivity (Wildman–Crippen MR) is 84.2 cm³/mol. The second-order valence-electron chi connectivity index (χ2n) is 6.18. The highest BCUT2D eigenvalue weighted by molar-refractivity contribution is 5.09. The molecule has 0 aromatic carbocycles. The van der Waals surface area contributed by atoms with Crippen molar-refractivity contribution in [2.45, 2.75) is 51.2 Å². The van der Waals surface area contributed by atoms with Crippen LogP contribution in [-0.2, 0) is 11.2 Å². The van der Waals surface area contributed by atoms with Gasteiger partial charge < -0.3 is 15.2 Å². The molecule has 0 aliphatic heterocycles. The van der Waals surface area contributed by atoms with Gasteiger partial charge in [0.2, 0.25) is 0 Å². The topological polar surface area (TPSA) is 54.4 Å². The fourth-order valence-corrected chi connectivity index (χ4v) is 2.75. The van der Waals surface area contributed by atoms with Gasteiger partial charge >= 0.3 is 0 Å². The van der Waals surface area contributed by atoms with Gasteiger partial charge in [-0.3, -0.25) is 4.98 Å². The van der Waals surface area contributed by atoms with Crippen molar-refractivity contribution in [1.82, 2.24) is 10.3 Å². The van der Waals surface area contributed by atoms with Crippen molar-refractivity contribution >= 4 is 0 Å². The van der Waals surface area contributed by atoms with Gasteiger partial charge in [0.15, 0.2) is 0 Å². The zero-order chi connectivity index (χ0) is 14.9. The number of hydrogen-bond acceptors (Lipinski definition) is 4. The third-order valence-corrected chi connectivity index (χ3v) is 4.21. The van der Waals surface area contributed by atoms with E-state index >= 15 is 0 Å². The number of hydrogen-bond donors (Lipinski definition) is 2. The van der Waals surface area contributed by atoms with Crippen LogP contribution in [0.5, 0.6) is 0 Å². The van der Waals surface area contributed by atoms with Crippen molar-refractivity contribution in [2.24, 2.45) is 5.92 Å². The summed E-state index contributed by atoms with van der Waals surface area (Å²) in [6.45, 7) is 4.20. The Kier molecular flexibility index (Phi) is 7.13. The van der Waals surface area contributed by atoms with Crippen LogP contribution in [-0.4, -0.2) is 42.0 Å². The van der Waals surface area contributed by atoms with E-state index in [9.17, 15) is 5.11 Å². The minimum atomic E-state index is -0.415. The monoisotopic (exact) mass is 292 g/mol. The van der Waals surface area contributed by atoms with Crippen molar-refractivity contribution in [3.63, 3.8) is 0 Å². The lowest BCUT2D eigenvalue weighted by molar-refractivity contribution is -0.0277. The molecule has 0 radical (unpaired) electrons. The fourth-order valence-electron chi connectivity index (χ4n) is 2.75. The highest BCUT2D eigenvalue weighted by Gasteiger charge is 2.19. The first-order chi connectivity index (χ1) is 10.2. The molecule has 0 bridgehead atoms. The Bertz CT molecular complexity index is 378. The van der Waals surface area contributed by atoms with E-state index in [2.05, 4.69) is 17.2 Å². The minimum Gasteiger partial charge on any atom is -0.389 e. The van der Waals surface area contributed by atoms with Crippen LogP contribution in [0.25, 0.3) is 0 Å². The van der Waals surface area contributed by atoms with Gasteiger partial charge in [0.1, 0.15) is 0 Å². The third kappa shape index (κ3) is 6.55. The van der Waals surface area contributed by atoms with Crippen LogP contribution in [0.1, 0.15) is 38.2 Å². The molecule has 118 valence electrons. The zero-order valence-electron chi connectivity index (χ0n) is 13.0. The van der Waals surface area contributed by atoms with Crippen molar-refractivity contribution in [2.75, 3.05) is 19.7 Å². The van der Waals surface area contributed by atoms with Gasteiger partial charge in [-0.05, 0) is 62.3 Å². The quantitative estimate of drug-likeness (QED) is 0.721. The van der Waals surface area contributed by atoms with E-state index in [1.165, 1.54) is 18.4 Å². The highest BCUT2D eigenvalue weighted by atomic mass is 16.5. The molecule has 1 aliphatic rings. The van der Waals surface area contributed by atoms with Gasteiger partial charge in [0.05, 0.1) is 18.8 Å². The lowest BCUT2D eigenvalue weighted by atomic mass is 9.89. The summed E-state index contributed by atoms with van der Waals surface area (Å²) in [5.41, 5.74) is 1.26. The number of rotatable bonds is 8. The van der Waals surface area contributed by atoms with E-state index in [0.717, 1.165) is 31.7 Å². The molecule has 1 fully saturated rings. The molecule has 1 saturated carbocycles. The number of aromatic nitrogens is 1. The van der Waals surface area contributed by atoms with Gasteiger partial charge in [-0.1, -0.05) is 6.92 Å². The standard InChI is InChI=1S/C17H28N2O2/c1-14-2-4-17(5-3-14)21-13-16(20)12-19-11-8-15-6-9-18-10-7-15/h6-7,9-10,14,16-17,19-20H,2-5,8,11-13H2,1H3. The molecule has 1 unspecified atom stereocenters. The normalized spacial score (nSPS) is 23.9. The maximum Gasteiger partial charge on any atom is 0.0897 e. The van der Waals surface area contributed by atoms with Gasteiger partial charge in [-0.25, -0.2) is 0 Å². The number of pyridine rings is 1. The number of aliphatic hydroxyl groups is 1. The van der Waals surface area contributed by atoms with E-state index in [1.807, 2.05) is 24.5 Å². The summed E-state index contributed by atoms with van der Waals surface area (Å²) in [5.74, 6) is 0.838. The lowest BCUT2D eigenvalue weighted by Gasteiger charge is -2.27. The largest absolute Gasteiger partial charge is 0.389 e. The molecule has 4 nitrogen and oxygen atoms in total. The van der Waals surface area contributed by atoms with E-state index in [0.29, 0.717) is 19.3 Å². The van der Waals surface area contributed by atoms with E-state index in [4.69, 9.17) is 4.74 Å². The second kappa shape index (κ2) is 9.13.